The lowest BCUT2D eigenvalue weighted by atomic mass is 9.79. The Labute approximate surface area is 296 Å². The highest BCUT2D eigenvalue weighted by molar-refractivity contribution is 8.18. The molecule has 0 aliphatic carbocycles. The molecule has 0 aliphatic rings. The third kappa shape index (κ3) is 12.1. The van der Waals surface area contributed by atoms with Gasteiger partial charge < -0.3 is 14.6 Å². The molecule has 2 aromatic carbocycles. The Balaban J connectivity index is 2.65. The van der Waals surface area contributed by atoms with Crippen molar-refractivity contribution < 1.29 is 39.1 Å². The Morgan fingerprint density at radius 2 is 0.875 bits per heavy atom. The molecular weight excluding hydrogens is 649 g/mol. The van der Waals surface area contributed by atoms with Crippen LogP contribution < -0.4 is 9.47 Å². The predicted octanol–water partition coefficient (Wildman–Crippen LogP) is 10.1. The molecular formula is C38H56O8S2. The van der Waals surface area contributed by atoms with Crippen LogP contribution in [0.4, 0.5) is 0 Å². The highest BCUT2D eigenvalue weighted by atomic mass is 32.2. The number of esters is 2. The van der Waals surface area contributed by atoms with Crippen LogP contribution in [0.1, 0.15) is 138 Å². The van der Waals surface area contributed by atoms with E-state index in [1.165, 1.54) is 0 Å². The third-order valence-electron chi connectivity index (χ3n) is 7.46. The van der Waals surface area contributed by atoms with Crippen LogP contribution in [0, 0.1) is 0 Å². The van der Waals surface area contributed by atoms with E-state index in [9.17, 15) is 14.4 Å². The van der Waals surface area contributed by atoms with Gasteiger partial charge in [-0.1, -0.05) is 83.1 Å². The molecule has 0 heterocycles. The van der Waals surface area contributed by atoms with Crippen molar-refractivity contribution in [1.82, 2.24) is 0 Å². The molecule has 0 aromatic heterocycles. The Morgan fingerprint density at radius 1 is 0.562 bits per heavy atom. The summed E-state index contributed by atoms with van der Waals surface area (Å²) < 4.78 is 11.5. The predicted molar refractivity (Wildman–Crippen MR) is 195 cm³/mol. The van der Waals surface area contributed by atoms with Crippen LogP contribution in [0.2, 0.25) is 0 Å². The molecule has 268 valence electrons. The van der Waals surface area contributed by atoms with E-state index in [-0.39, 0.29) is 51.6 Å². The molecule has 0 unspecified atom stereocenters. The van der Waals surface area contributed by atoms with Crippen molar-refractivity contribution in [2.75, 3.05) is 6.61 Å². The Bertz CT molecular complexity index is 1410. The van der Waals surface area contributed by atoms with Crippen molar-refractivity contribution in [2.45, 2.75) is 152 Å². The Hall–Kier alpha value is -2.53. The van der Waals surface area contributed by atoms with Crippen molar-refractivity contribution in [2.24, 2.45) is 0 Å². The number of benzene rings is 2. The Kier molecular flexibility index (Phi) is 13.5. The maximum atomic E-state index is 12.8. The first-order chi connectivity index (χ1) is 21.7. The molecule has 0 amide bonds. The highest BCUT2D eigenvalue weighted by Gasteiger charge is 2.33. The summed E-state index contributed by atoms with van der Waals surface area (Å²) in [4.78, 5) is 42.8. The van der Waals surface area contributed by atoms with E-state index in [4.69, 9.17) is 19.8 Å². The lowest BCUT2D eigenvalue weighted by Gasteiger charge is -2.33. The van der Waals surface area contributed by atoms with Crippen molar-refractivity contribution >= 4 is 41.4 Å². The molecule has 0 radical (unpaired) electrons. The van der Waals surface area contributed by atoms with E-state index in [1.54, 1.807) is 23.5 Å². The second-order valence-corrected chi connectivity index (χ2v) is 20.4. The van der Waals surface area contributed by atoms with Crippen LogP contribution in [0.3, 0.4) is 0 Å². The molecule has 0 bridgehead atoms. The third-order valence-corrected chi connectivity index (χ3v) is 9.88. The van der Waals surface area contributed by atoms with Crippen LogP contribution in [-0.4, -0.2) is 39.0 Å². The van der Waals surface area contributed by atoms with E-state index < -0.39 is 17.9 Å². The van der Waals surface area contributed by atoms with Crippen molar-refractivity contribution in [3.05, 3.63) is 46.5 Å². The fourth-order valence-corrected chi connectivity index (χ4v) is 7.61. The average Bonchev–Trinajstić information content (AvgIpc) is 2.89. The second kappa shape index (κ2) is 15.6. The van der Waals surface area contributed by atoms with Gasteiger partial charge in [0.25, 0.3) is 0 Å². The number of carboxylic acids is 1. The number of hydrogen-bond donors (Lipinski definition) is 2. The van der Waals surface area contributed by atoms with Gasteiger partial charge in [-0.05, 0) is 59.8 Å². The zero-order valence-corrected chi connectivity index (χ0v) is 32.9. The van der Waals surface area contributed by atoms with Gasteiger partial charge >= 0.3 is 17.9 Å². The van der Waals surface area contributed by atoms with Gasteiger partial charge in [-0.15, -0.1) is 23.5 Å². The minimum Gasteiger partial charge on any atom is -0.481 e. The number of aliphatic carboxylic acids is 1. The minimum absolute atomic E-state index is 0.0722. The molecule has 0 saturated carbocycles. The van der Waals surface area contributed by atoms with Crippen molar-refractivity contribution in [3.63, 3.8) is 0 Å². The molecule has 0 saturated heterocycles. The number of rotatable bonds is 12. The normalized spacial score (nSPS) is 13.0. The number of thioether (sulfide) groups is 2. The van der Waals surface area contributed by atoms with Crippen molar-refractivity contribution in [3.8, 4) is 11.5 Å². The summed E-state index contributed by atoms with van der Waals surface area (Å²) in [6.45, 7) is 29.2. The van der Waals surface area contributed by atoms with Gasteiger partial charge in [0.15, 0.2) is 0 Å². The number of carboxylic acid groups (broad SMARTS) is 1. The molecule has 48 heavy (non-hydrogen) atoms. The van der Waals surface area contributed by atoms with E-state index in [1.807, 2.05) is 0 Å². The lowest BCUT2D eigenvalue weighted by Crippen LogP contribution is -2.23. The largest absolute Gasteiger partial charge is 0.481 e. The second-order valence-electron chi connectivity index (χ2n) is 16.7. The first-order valence-corrected chi connectivity index (χ1v) is 17.9. The number of carbonyl (C=O) groups excluding carboxylic acids is 2. The van der Waals surface area contributed by atoms with Crippen LogP contribution in [0.25, 0.3) is 0 Å². The molecule has 0 atom stereocenters. The quantitative estimate of drug-likeness (QED) is 0.0552. The fraction of sp³-hybridized carbons (Fsp3) is 0.605. The smallest absolute Gasteiger partial charge is 0.313 e. The Morgan fingerprint density at radius 3 is 1.15 bits per heavy atom. The highest BCUT2D eigenvalue weighted by Crippen LogP contribution is 2.51. The fourth-order valence-electron chi connectivity index (χ4n) is 5.03. The molecule has 2 rings (SSSR count). The summed E-state index contributed by atoms with van der Waals surface area (Å²) in [7, 11) is 0. The van der Waals surface area contributed by atoms with Gasteiger partial charge in [-0.3, -0.25) is 19.6 Å². The summed E-state index contributed by atoms with van der Waals surface area (Å²) in [5.74, 6) is -1.04. The number of ether oxygens (including phenoxy) is 2. The molecule has 0 aliphatic heterocycles. The summed E-state index contributed by atoms with van der Waals surface area (Å²) in [5, 5.41) is 17.8. The van der Waals surface area contributed by atoms with Gasteiger partial charge in [0.05, 0.1) is 29.9 Å². The summed E-state index contributed by atoms with van der Waals surface area (Å²) in [6, 6.07) is 8.38. The number of hydrogen-bond acceptors (Lipinski definition) is 9. The first kappa shape index (κ1) is 41.6. The lowest BCUT2D eigenvalue weighted by molar-refractivity contribution is -0.242. The van der Waals surface area contributed by atoms with Gasteiger partial charge in [-0.2, -0.15) is 0 Å². The summed E-state index contributed by atoms with van der Waals surface area (Å²) in [5.41, 5.74) is 2.18. The molecule has 0 fully saturated rings. The molecule has 0 spiro atoms. The maximum Gasteiger partial charge on any atom is 0.313 e. The zero-order chi connectivity index (χ0) is 37.0. The molecule has 8 nitrogen and oxygen atoms in total. The monoisotopic (exact) mass is 704 g/mol. The van der Waals surface area contributed by atoms with Crippen LogP contribution in [0.15, 0.2) is 34.1 Å². The standard InChI is InChI=1S/C38H56O8S2/c1-34(2,3)25-19-23(20-26(35(4,5)6)32(25)45-30(41)16-15-29(39)40)47-38(13,14)48-24-21-27(36(7,8)9)33(28(22-24)37(10,11)12)46-31(42)17-18-44-43/h19-22,43H,15-18H2,1-14H3,(H,39,40). The number of carbonyl (C=O) groups is 3. The topological polar surface area (TPSA) is 119 Å². The first-order valence-electron chi connectivity index (χ1n) is 16.3. The van der Waals surface area contributed by atoms with E-state index >= 15 is 0 Å². The van der Waals surface area contributed by atoms with Crippen LogP contribution in [-0.2, 0) is 40.9 Å². The van der Waals surface area contributed by atoms with E-state index in [2.05, 4.69) is 126 Å². The van der Waals surface area contributed by atoms with E-state index in [0.717, 1.165) is 32.0 Å². The van der Waals surface area contributed by atoms with Gasteiger partial charge in [0, 0.05) is 32.0 Å². The van der Waals surface area contributed by atoms with Gasteiger partial charge in [0.1, 0.15) is 11.5 Å². The maximum absolute atomic E-state index is 12.8. The van der Waals surface area contributed by atoms with E-state index in [0.29, 0.717) is 11.5 Å². The summed E-state index contributed by atoms with van der Waals surface area (Å²) in [6.07, 6.45) is -0.564. The average molecular weight is 705 g/mol. The minimum atomic E-state index is -1.04. The van der Waals surface area contributed by atoms with Crippen LogP contribution in [0.5, 0.6) is 11.5 Å². The zero-order valence-electron chi connectivity index (χ0n) is 31.3. The van der Waals surface area contributed by atoms with Crippen LogP contribution >= 0.6 is 23.5 Å². The summed E-state index contributed by atoms with van der Waals surface area (Å²) >= 11 is 3.44. The van der Waals surface area contributed by atoms with Gasteiger partial charge in [-0.25, -0.2) is 4.89 Å². The molecule has 2 aromatic rings. The van der Waals surface area contributed by atoms with Gasteiger partial charge in [0.2, 0.25) is 0 Å². The van der Waals surface area contributed by atoms with Crippen molar-refractivity contribution in [1.29, 1.82) is 0 Å². The molecule has 2 N–H and O–H groups in total. The molecule has 10 heteroatoms. The SMILES string of the molecule is CC(C)(Sc1cc(C(C)(C)C)c(OC(=O)CCOO)c(C(C)(C)C)c1)Sc1cc(C(C)(C)C)c(OC(=O)CCC(=O)O)c(C(C)(C)C)c1.